The second kappa shape index (κ2) is 13.8. The summed E-state index contributed by atoms with van der Waals surface area (Å²) in [6, 6.07) is 74.9. The number of nitrogens with zero attached hydrogens (tertiary/aromatic N) is 5. The van der Waals surface area contributed by atoms with E-state index in [0.29, 0.717) is 17.5 Å². The first kappa shape index (κ1) is 35.7. The van der Waals surface area contributed by atoms with E-state index in [2.05, 4.69) is 209 Å². The average molecular weight is 830 g/mol. The predicted octanol–water partition coefficient (Wildman–Crippen LogP) is 15.3. The van der Waals surface area contributed by atoms with Gasteiger partial charge in [-0.25, -0.2) is 15.0 Å². The van der Waals surface area contributed by atoms with Crippen LogP contribution in [0.5, 0.6) is 0 Å². The normalized spacial score (nSPS) is 12.0. The molecule has 14 aromatic rings. The lowest BCUT2D eigenvalue weighted by molar-refractivity contribution is 0.669. The molecule has 0 N–H and O–H groups in total. The van der Waals surface area contributed by atoms with Gasteiger partial charge in [0.15, 0.2) is 17.5 Å². The van der Waals surface area contributed by atoms with Crippen LogP contribution in [0.3, 0.4) is 0 Å². The second-order valence-electron chi connectivity index (χ2n) is 16.7. The second-order valence-corrected chi connectivity index (χ2v) is 16.7. The lowest BCUT2D eigenvalue weighted by Crippen LogP contribution is -2.04. The maximum Gasteiger partial charge on any atom is 0.166 e. The van der Waals surface area contributed by atoms with Crippen LogP contribution in [0.2, 0.25) is 0 Å². The Hall–Kier alpha value is -8.87. The molecule has 65 heavy (non-hydrogen) atoms. The van der Waals surface area contributed by atoms with Crippen LogP contribution in [0, 0.1) is 0 Å². The van der Waals surface area contributed by atoms with Gasteiger partial charge in [0, 0.05) is 49.1 Å². The highest BCUT2D eigenvalue weighted by molar-refractivity contribution is 6.18. The van der Waals surface area contributed by atoms with Gasteiger partial charge in [0.05, 0.1) is 33.3 Å². The third kappa shape index (κ3) is 5.31. The van der Waals surface area contributed by atoms with Crippen LogP contribution in [-0.4, -0.2) is 24.1 Å². The molecule has 0 aliphatic rings. The topological polar surface area (TPSA) is 61.7 Å². The van der Waals surface area contributed by atoms with Crippen LogP contribution in [0.4, 0.5) is 0 Å². The summed E-state index contributed by atoms with van der Waals surface area (Å²) in [5.74, 6) is 1.73. The first-order valence-corrected chi connectivity index (χ1v) is 21.9. The quantitative estimate of drug-likeness (QED) is 0.173. The van der Waals surface area contributed by atoms with E-state index in [1.165, 1.54) is 21.5 Å². The molecule has 0 saturated carbocycles. The number of rotatable bonds is 5. The molecule has 6 nitrogen and oxygen atoms in total. The minimum Gasteiger partial charge on any atom is -0.456 e. The standard InChI is InChI=1S/C59H35N5O/c1-2-20-39(21-3-1)63-48-29-12-9-24-43(48)54-45(27-15-30-49(54)63)58-60-57(42-26-14-19-36-16-6-7-22-40(36)42)61-59(62-58)56-50(32-33-53-55(56)44-25-10-13-31-52(44)65-53)64-47-28-11-8-23-41(47)46-34-37-17-4-5-18-38(37)35-51(46)64/h1-35H. The van der Waals surface area contributed by atoms with Crippen LogP contribution >= 0.6 is 0 Å². The van der Waals surface area contributed by atoms with Crippen molar-refractivity contribution in [2.24, 2.45) is 0 Å². The molecule has 0 fully saturated rings. The predicted molar refractivity (Wildman–Crippen MR) is 267 cm³/mol. The van der Waals surface area contributed by atoms with Gasteiger partial charge in [0.2, 0.25) is 0 Å². The highest BCUT2D eigenvalue weighted by Crippen LogP contribution is 2.45. The molecule has 4 heterocycles. The number of fused-ring (bicyclic) bond motifs is 11. The van der Waals surface area contributed by atoms with Gasteiger partial charge in [0.1, 0.15) is 11.2 Å². The zero-order valence-electron chi connectivity index (χ0n) is 34.9. The molecule has 0 radical (unpaired) electrons. The van der Waals surface area contributed by atoms with Crippen molar-refractivity contribution in [1.29, 1.82) is 0 Å². The molecule has 0 bridgehead atoms. The first-order chi connectivity index (χ1) is 32.2. The Morgan fingerprint density at radius 1 is 0.323 bits per heavy atom. The number of hydrogen-bond acceptors (Lipinski definition) is 4. The van der Waals surface area contributed by atoms with E-state index < -0.39 is 0 Å². The van der Waals surface area contributed by atoms with Gasteiger partial charge >= 0.3 is 0 Å². The SMILES string of the molecule is c1ccc(-n2c3ccccc3c3c(-c4nc(-c5cccc6ccccc56)nc(-c5c(-n6c7ccccc7c7cc8ccccc8cc76)ccc6oc7ccccc7c56)n4)cccc32)cc1. The lowest BCUT2D eigenvalue weighted by Gasteiger charge is -2.16. The Balaban J connectivity index is 1.14. The Kier molecular flexibility index (Phi) is 7.59. The van der Waals surface area contributed by atoms with Gasteiger partial charge in [-0.05, 0) is 82.2 Å². The van der Waals surface area contributed by atoms with Crippen molar-refractivity contribution in [2.45, 2.75) is 0 Å². The molecule has 14 rings (SSSR count). The summed E-state index contributed by atoms with van der Waals surface area (Å²) >= 11 is 0. The zero-order chi connectivity index (χ0) is 42.6. The summed E-state index contributed by atoms with van der Waals surface area (Å²) in [6.07, 6.45) is 0. The molecule has 0 atom stereocenters. The van der Waals surface area contributed by atoms with Crippen molar-refractivity contribution in [3.05, 3.63) is 212 Å². The molecule has 0 aliphatic carbocycles. The van der Waals surface area contributed by atoms with E-state index in [0.717, 1.165) is 93.6 Å². The van der Waals surface area contributed by atoms with E-state index in [1.807, 2.05) is 12.1 Å². The van der Waals surface area contributed by atoms with E-state index >= 15 is 0 Å². The molecule has 302 valence electrons. The first-order valence-electron chi connectivity index (χ1n) is 21.9. The number of furan rings is 1. The van der Waals surface area contributed by atoms with E-state index in [9.17, 15) is 0 Å². The molecular formula is C59H35N5O. The van der Waals surface area contributed by atoms with Gasteiger partial charge in [-0.2, -0.15) is 0 Å². The summed E-state index contributed by atoms with van der Waals surface area (Å²) in [5, 5.41) is 11.0. The number of para-hydroxylation sites is 4. The Morgan fingerprint density at radius 2 is 0.908 bits per heavy atom. The van der Waals surface area contributed by atoms with Crippen molar-refractivity contribution < 1.29 is 4.42 Å². The molecule has 0 saturated heterocycles. The van der Waals surface area contributed by atoms with Gasteiger partial charge in [0.25, 0.3) is 0 Å². The summed E-state index contributed by atoms with van der Waals surface area (Å²) < 4.78 is 11.4. The fraction of sp³-hybridized carbons (Fsp3) is 0. The molecule has 0 amide bonds. The minimum absolute atomic E-state index is 0.556. The van der Waals surface area contributed by atoms with Gasteiger partial charge in [-0.15, -0.1) is 0 Å². The van der Waals surface area contributed by atoms with Crippen molar-refractivity contribution >= 4 is 87.1 Å². The molecule has 4 aromatic heterocycles. The van der Waals surface area contributed by atoms with Crippen molar-refractivity contribution in [1.82, 2.24) is 24.1 Å². The molecule has 0 aliphatic heterocycles. The van der Waals surface area contributed by atoms with Gasteiger partial charge in [-0.1, -0.05) is 152 Å². The van der Waals surface area contributed by atoms with Crippen molar-refractivity contribution in [2.75, 3.05) is 0 Å². The monoisotopic (exact) mass is 829 g/mol. The zero-order valence-corrected chi connectivity index (χ0v) is 34.9. The fourth-order valence-electron chi connectivity index (χ4n) is 10.3. The Labute approximate surface area is 371 Å². The lowest BCUT2D eigenvalue weighted by atomic mass is 10.0. The van der Waals surface area contributed by atoms with E-state index in [1.54, 1.807) is 0 Å². The van der Waals surface area contributed by atoms with Crippen LogP contribution in [-0.2, 0) is 0 Å². The van der Waals surface area contributed by atoms with Crippen LogP contribution in [0.15, 0.2) is 217 Å². The van der Waals surface area contributed by atoms with Gasteiger partial charge in [-0.3, -0.25) is 0 Å². The molecule has 10 aromatic carbocycles. The molecule has 6 heteroatoms. The van der Waals surface area contributed by atoms with Gasteiger partial charge < -0.3 is 13.6 Å². The summed E-state index contributed by atoms with van der Waals surface area (Å²) in [7, 11) is 0. The van der Waals surface area contributed by atoms with E-state index in [4.69, 9.17) is 19.4 Å². The number of benzene rings is 10. The number of aromatic nitrogens is 5. The van der Waals surface area contributed by atoms with Crippen LogP contribution in [0.25, 0.3) is 133 Å². The average Bonchev–Trinajstić information content (AvgIpc) is 4.03. The summed E-state index contributed by atoms with van der Waals surface area (Å²) in [6.45, 7) is 0. The fourth-order valence-corrected chi connectivity index (χ4v) is 10.3. The largest absolute Gasteiger partial charge is 0.456 e. The molecule has 0 unspecified atom stereocenters. The minimum atomic E-state index is 0.556. The smallest absolute Gasteiger partial charge is 0.166 e. The summed E-state index contributed by atoms with van der Waals surface area (Å²) in [4.78, 5) is 16.7. The molecule has 0 spiro atoms. The van der Waals surface area contributed by atoms with Crippen molar-refractivity contribution in [3.8, 4) is 45.5 Å². The maximum atomic E-state index is 6.67. The highest BCUT2D eigenvalue weighted by Gasteiger charge is 2.26. The maximum absolute atomic E-state index is 6.67. The summed E-state index contributed by atoms with van der Waals surface area (Å²) in [5.41, 5.74) is 10.7. The molecular weight excluding hydrogens is 795 g/mol. The number of hydrogen-bond donors (Lipinski definition) is 0. The third-order valence-corrected chi connectivity index (χ3v) is 13.1. The van der Waals surface area contributed by atoms with Crippen LogP contribution in [0.1, 0.15) is 0 Å². The van der Waals surface area contributed by atoms with Crippen LogP contribution < -0.4 is 0 Å². The highest BCUT2D eigenvalue weighted by atomic mass is 16.3. The third-order valence-electron chi connectivity index (χ3n) is 13.1. The van der Waals surface area contributed by atoms with Crippen molar-refractivity contribution in [3.63, 3.8) is 0 Å². The Bertz CT molecular complexity index is 4250. The van der Waals surface area contributed by atoms with E-state index in [-0.39, 0.29) is 0 Å². The Morgan fingerprint density at radius 3 is 1.74 bits per heavy atom.